The third kappa shape index (κ3) is 11.2. The van der Waals surface area contributed by atoms with Crippen LogP contribution >= 0.6 is 0 Å². The first kappa shape index (κ1) is 46.3. The number of carbonyl (C=O) groups is 6. The molecule has 2 atom stereocenters. The number of amides is 6. The molecule has 6 amide bonds. The molecule has 0 aromatic heterocycles. The smallest absolute Gasteiger partial charge is 0.415 e. The maximum Gasteiger partial charge on any atom is 0.415 e. The molecule has 1 heterocycles. The van der Waals surface area contributed by atoms with Crippen LogP contribution in [0.4, 0.5) is 37.1 Å². The summed E-state index contributed by atoms with van der Waals surface area (Å²) in [5.41, 5.74) is 7.20. The number of alkyl carbamates (subject to hydrolysis) is 2. The topological polar surface area (TPSA) is 185 Å². The first-order chi connectivity index (χ1) is 31.7. The zero-order chi connectivity index (χ0) is 47.0. The second-order valence-electron chi connectivity index (χ2n) is 17.1. The van der Waals surface area contributed by atoms with Crippen molar-refractivity contribution in [2.45, 2.75) is 77.7 Å². The standard InChI is InChI=1S/C51H54N6O9/c1-6-47(60)56-32(2)27-44(41-17-11-12-18-43(41)56)57(50(63)65-30-33-19-21-34(22-20-33)54-46(59)29-53-49(62)66-51(3,4)5)36-25-23-35(24-26-36)55-45(58)28-52-48(61)64-31-42-39-15-9-7-13-37(39)38-14-8-10-16-40(38)42/h7-26,32,42,44H,6,27-31H2,1-5H3,(H,52,61)(H,53,62)(H,54,59)(H,55,58)/t32-,44+/m0/s1. The van der Waals surface area contributed by atoms with Crippen molar-refractivity contribution in [3.63, 3.8) is 0 Å². The van der Waals surface area contributed by atoms with Crippen LogP contribution < -0.4 is 31.1 Å². The summed E-state index contributed by atoms with van der Waals surface area (Å²) in [5.74, 6) is -1.08. The molecular weight excluding hydrogens is 841 g/mol. The van der Waals surface area contributed by atoms with Crippen molar-refractivity contribution in [1.29, 1.82) is 0 Å². The molecular formula is C51H54N6O9. The molecule has 2 aliphatic rings. The second-order valence-corrected chi connectivity index (χ2v) is 17.1. The van der Waals surface area contributed by atoms with Crippen molar-refractivity contribution in [3.05, 3.63) is 144 Å². The Bertz CT molecular complexity index is 2550. The highest BCUT2D eigenvalue weighted by Gasteiger charge is 2.39. The summed E-state index contributed by atoms with van der Waals surface area (Å²) in [7, 11) is 0. The molecule has 0 spiro atoms. The van der Waals surface area contributed by atoms with Crippen molar-refractivity contribution in [2.75, 3.05) is 40.1 Å². The maximum atomic E-state index is 14.3. The molecule has 0 saturated heterocycles. The van der Waals surface area contributed by atoms with Gasteiger partial charge in [-0.3, -0.25) is 19.3 Å². The van der Waals surface area contributed by atoms with E-state index in [0.717, 1.165) is 27.8 Å². The predicted octanol–water partition coefficient (Wildman–Crippen LogP) is 9.05. The molecule has 0 saturated carbocycles. The molecule has 15 nitrogen and oxygen atoms in total. The summed E-state index contributed by atoms with van der Waals surface area (Å²) in [5, 5.41) is 10.5. The van der Waals surface area contributed by atoms with E-state index in [-0.39, 0.29) is 44.2 Å². The number of ether oxygens (including phenoxy) is 3. The van der Waals surface area contributed by atoms with Gasteiger partial charge in [0.05, 0.1) is 6.04 Å². The zero-order valence-electron chi connectivity index (χ0n) is 37.6. The molecule has 5 aromatic carbocycles. The van der Waals surface area contributed by atoms with E-state index < -0.39 is 41.7 Å². The highest BCUT2D eigenvalue weighted by atomic mass is 16.6. The number of carbonyl (C=O) groups excluding carboxylic acids is 6. The highest BCUT2D eigenvalue weighted by Crippen LogP contribution is 2.45. The van der Waals surface area contributed by atoms with Gasteiger partial charge in [-0.15, -0.1) is 0 Å². The Morgan fingerprint density at radius 2 is 1.20 bits per heavy atom. The number of rotatable bonds is 13. The molecule has 1 aliphatic carbocycles. The molecule has 4 N–H and O–H groups in total. The van der Waals surface area contributed by atoms with Gasteiger partial charge in [0.2, 0.25) is 17.7 Å². The summed E-state index contributed by atoms with van der Waals surface area (Å²) < 4.78 is 16.7. The number of benzene rings is 5. The molecule has 0 unspecified atom stereocenters. The zero-order valence-corrected chi connectivity index (χ0v) is 37.6. The van der Waals surface area contributed by atoms with Gasteiger partial charge in [0.1, 0.15) is 31.9 Å². The first-order valence-corrected chi connectivity index (χ1v) is 21.9. The first-order valence-electron chi connectivity index (χ1n) is 21.9. The van der Waals surface area contributed by atoms with Gasteiger partial charge in [-0.25, -0.2) is 14.4 Å². The minimum absolute atomic E-state index is 0.0327. The number of nitrogens with one attached hydrogen (secondary N) is 4. The van der Waals surface area contributed by atoms with Gasteiger partial charge in [0.15, 0.2) is 0 Å². The molecule has 15 heteroatoms. The fourth-order valence-electron chi connectivity index (χ4n) is 8.27. The Labute approximate surface area is 383 Å². The van der Waals surface area contributed by atoms with Crippen LogP contribution in [0.3, 0.4) is 0 Å². The summed E-state index contributed by atoms with van der Waals surface area (Å²) >= 11 is 0. The lowest BCUT2D eigenvalue weighted by molar-refractivity contribution is -0.119. The third-order valence-corrected chi connectivity index (χ3v) is 11.2. The van der Waals surface area contributed by atoms with Crippen LogP contribution in [0, 0.1) is 0 Å². The summed E-state index contributed by atoms with van der Waals surface area (Å²) in [4.78, 5) is 81.0. The van der Waals surface area contributed by atoms with Gasteiger partial charge in [0, 0.05) is 41.1 Å². The minimum atomic E-state index is -0.717. The van der Waals surface area contributed by atoms with Gasteiger partial charge in [0.25, 0.3) is 0 Å². The number of anilines is 4. The number of hydrogen-bond acceptors (Lipinski definition) is 9. The molecule has 0 fully saturated rings. The monoisotopic (exact) mass is 894 g/mol. The van der Waals surface area contributed by atoms with E-state index >= 15 is 0 Å². The lowest BCUT2D eigenvalue weighted by Crippen LogP contribution is -2.47. The van der Waals surface area contributed by atoms with E-state index in [1.54, 1.807) is 79.1 Å². The van der Waals surface area contributed by atoms with Crippen molar-refractivity contribution >= 4 is 58.8 Å². The number of hydrogen-bond donors (Lipinski definition) is 4. The SMILES string of the molecule is CCC(=O)N1c2ccccc2[C@H](N(C(=O)OCc2ccc(NC(=O)CNC(=O)OC(C)(C)C)cc2)c2ccc(NC(=O)CNC(=O)OCC3c4ccccc4-c4ccccc43)cc2)C[C@@H]1C. The molecule has 1 aliphatic heterocycles. The van der Waals surface area contributed by atoms with Gasteiger partial charge < -0.3 is 40.4 Å². The average Bonchev–Trinajstić information content (AvgIpc) is 3.62. The minimum Gasteiger partial charge on any atom is -0.449 e. The summed E-state index contributed by atoms with van der Waals surface area (Å²) in [6, 6.07) is 36.2. The Kier molecular flexibility index (Phi) is 14.3. The molecule has 7 rings (SSSR count). The van der Waals surface area contributed by atoms with Crippen LogP contribution in [0.5, 0.6) is 0 Å². The van der Waals surface area contributed by atoms with Crippen LogP contribution in [0.2, 0.25) is 0 Å². The largest absolute Gasteiger partial charge is 0.449 e. The Balaban J connectivity index is 0.994. The van der Waals surface area contributed by atoms with Crippen LogP contribution in [0.15, 0.2) is 121 Å². The van der Waals surface area contributed by atoms with Crippen molar-refractivity contribution < 1.29 is 43.0 Å². The van der Waals surface area contributed by atoms with E-state index in [1.807, 2.05) is 74.5 Å². The molecule has 66 heavy (non-hydrogen) atoms. The lowest BCUT2D eigenvalue weighted by Gasteiger charge is -2.43. The predicted molar refractivity (Wildman–Crippen MR) is 251 cm³/mol. The average molecular weight is 895 g/mol. The van der Waals surface area contributed by atoms with Crippen molar-refractivity contribution in [1.82, 2.24) is 10.6 Å². The van der Waals surface area contributed by atoms with E-state index in [1.165, 1.54) is 0 Å². The normalized spacial score (nSPS) is 15.0. The van der Waals surface area contributed by atoms with E-state index in [0.29, 0.717) is 41.2 Å². The third-order valence-electron chi connectivity index (χ3n) is 11.2. The molecule has 342 valence electrons. The molecule has 0 radical (unpaired) electrons. The second kappa shape index (κ2) is 20.4. The highest BCUT2D eigenvalue weighted by molar-refractivity contribution is 5.98. The molecule has 5 aromatic rings. The Morgan fingerprint density at radius 1 is 0.667 bits per heavy atom. The number of fused-ring (bicyclic) bond motifs is 4. The van der Waals surface area contributed by atoms with E-state index in [2.05, 4.69) is 33.4 Å². The summed E-state index contributed by atoms with van der Waals surface area (Å²) in [6.07, 6.45) is -1.34. The quantitative estimate of drug-likeness (QED) is 0.0838. The van der Waals surface area contributed by atoms with Crippen LogP contribution in [0.25, 0.3) is 11.1 Å². The van der Waals surface area contributed by atoms with Crippen LogP contribution in [0.1, 0.15) is 81.7 Å². The lowest BCUT2D eigenvalue weighted by atomic mass is 9.90. The number of para-hydroxylation sites is 1. The maximum absolute atomic E-state index is 14.3. The Hall–Kier alpha value is -7.68. The van der Waals surface area contributed by atoms with Crippen molar-refractivity contribution in [2.24, 2.45) is 0 Å². The number of nitrogens with zero attached hydrogens (tertiary/aromatic N) is 2. The van der Waals surface area contributed by atoms with Gasteiger partial charge in [-0.2, -0.15) is 0 Å². The van der Waals surface area contributed by atoms with Crippen molar-refractivity contribution in [3.8, 4) is 11.1 Å². The van der Waals surface area contributed by atoms with Crippen LogP contribution in [-0.4, -0.2) is 67.3 Å². The fraction of sp³-hybridized carbons (Fsp3) is 0.294. The van der Waals surface area contributed by atoms with E-state index in [9.17, 15) is 28.8 Å². The van der Waals surface area contributed by atoms with Gasteiger partial charge in [-0.1, -0.05) is 85.8 Å². The fourth-order valence-corrected chi connectivity index (χ4v) is 8.27. The van der Waals surface area contributed by atoms with Gasteiger partial charge in [-0.05, 0) is 110 Å². The Morgan fingerprint density at radius 3 is 1.77 bits per heavy atom. The molecule has 0 bridgehead atoms. The van der Waals surface area contributed by atoms with Crippen LogP contribution in [-0.2, 0) is 35.2 Å². The van der Waals surface area contributed by atoms with Gasteiger partial charge >= 0.3 is 18.3 Å². The summed E-state index contributed by atoms with van der Waals surface area (Å²) in [6.45, 7) is 8.33. The van der Waals surface area contributed by atoms with E-state index in [4.69, 9.17) is 14.2 Å².